The Morgan fingerprint density at radius 2 is 1.22 bits per heavy atom. The van der Waals surface area contributed by atoms with E-state index in [1.165, 1.54) is 55.9 Å². The number of benzene rings is 4. The number of allylic oxidation sites excluding steroid dienone is 8. The third kappa shape index (κ3) is 6.08. The number of nitrogens with zero attached hydrogens (tertiary/aromatic N) is 1. The molecule has 0 N–H and O–H groups in total. The van der Waals surface area contributed by atoms with Gasteiger partial charge in [-0.15, -0.1) is 0 Å². The maximum atomic E-state index is 6.54. The largest absolute Gasteiger partial charge is 0.461 e. The van der Waals surface area contributed by atoms with Gasteiger partial charge < -0.3 is 9.64 Å². The van der Waals surface area contributed by atoms with Gasteiger partial charge in [-0.1, -0.05) is 122 Å². The van der Waals surface area contributed by atoms with Crippen molar-refractivity contribution in [3.63, 3.8) is 0 Å². The second-order valence-electron chi connectivity index (χ2n) is 12.6. The van der Waals surface area contributed by atoms with Crippen molar-refractivity contribution < 1.29 is 4.74 Å². The molecule has 0 radical (unpaired) electrons. The number of hydrogen-bond donors (Lipinski definition) is 0. The Morgan fingerprint density at radius 3 is 1.78 bits per heavy atom. The van der Waals surface area contributed by atoms with E-state index in [2.05, 4.69) is 167 Å². The lowest BCUT2D eigenvalue weighted by atomic mass is 9.78. The standard InChI is InChI=1S/C44H43NO/c1-29(2)18-27-42-33(6)44-31(4)30(3)41(28-43(44)46-42)45(34(7)32(5)35-14-10-8-11-15-35)40-25-23-39(24-26-40)38-21-19-37(20-22-38)36-16-12-9-13-17-36/h8-28,31,44H,1H2,2-7H3/b27-18-,34-32-. The van der Waals surface area contributed by atoms with Crippen LogP contribution in [0, 0.1) is 11.8 Å². The van der Waals surface area contributed by atoms with Crippen LogP contribution < -0.4 is 4.90 Å². The predicted molar refractivity (Wildman–Crippen MR) is 196 cm³/mol. The minimum absolute atomic E-state index is 0.233. The maximum absolute atomic E-state index is 6.54. The molecule has 0 saturated heterocycles. The van der Waals surface area contributed by atoms with Gasteiger partial charge in [-0.05, 0) is 103 Å². The van der Waals surface area contributed by atoms with Gasteiger partial charge in [-0.3, -0.25) is 0 Å². The summed E-state index contributed by atoms with van der Waals surface area (Å²) >= 11 is 0. The van der Waals surface area contributed by atoms with Gasteiger partial charge in [0.2, 0.25) is 0 Å². The molecule has 6 rings (SSSR count). The predicted octanol–water partition coefficient (Wildman–Crippen LogP) is 12.1. The number of ether oxygens (including phenoxy) is 1. The summed E-state index contributed by atoms with van der Waals surface area (Å²) in [4.78, 5) is 2.42. The topological polar surface area (TPSA) is 12.5 Å². The summed E-state index contributed by atoms with van der Waals surface area (Å²) in [7, 11) is 0. The summed E-state index contributed by atoms with van der Waals surface area (Å²) in [6.45, 7) is 17.3. The quantitative estimate of drug-likeness (QED) is 0.186. The molecule has 4 aromatic carbocycles. The van der Waals surface area contributed by atoms with Crippen LogP contribution in [-0.2, 0) is 4.74 Å². The summed E-state index contributed by atoms with van der Waals surface area (Å²) in [6, 6.07) is 39.0. The third-order valence-electron chi connectivity index (χ3n) is 9.55. The van der Waals surface area contributed by atoms with Crippen LogP contribution in [0.3, 0.4) is 0 Å². The van der Waals surface area contributed by atoms with Crippen LogP contribution in [0.2, 0.25) is 0 Å². The average Bonchev–Trinajstić information content (AvgIpc) is 3.41. The third-order valence-corrected chi connectivity index (χ3v) is 9.55. The lowest BCUT2D eigenvalue weighted by molar-refractivity contribution is 0.296. The molecule has 0 aromatic heterocycles. The van der Waals surface area contributed by atoms with E-state index in [4.69, 9.17) is 4.74 Å². The van der Waals surface area contributed by atoms with Crippen LogP contribution in [0.1, 0.15) is 47.1 Å². The minimum Gasteiger partial charge on any atom is -0.461 e. The Balaban J connectivity index is 1.39. The highest BCUT2D eigenvalue weighted by Crippen LogP contribution is 2.48. The Labute approximate surface area is 275 Å². The lowest BCUT2D eigenvalue weighted by Gasteiger charge is -2.36. The molecule has 2 heteroatoms. The number of anilines is 1. The Morgan fingerprint density at radius 1 is 0.696 bits per heavy atom. The van der Waals surface area contributed by atoms with Crippen molar-refractivity contribution in [2.45, 2.75) is 41.5 Å². The first-order chi connectivity index (χ1) is 22.2. The van der Waals surface area contributed by atoms with E-state index in [0.29, 0.717) is 5.92 Å². The molecule has 2 atom stereocenters. The van der Waals surface area contributed by atoms with Crippen molar-refractivity contribution in [2.24, 2.45) is 11.8 Å². The van der Waals surface area contributed by atoms with Gasteiger partial charge in [0, 0.05) is 29.1 Å². The van der Waals surface area contributed by atoms with E-state index in [0.717, 1.165) is 22.8 Å². The molecule has 1 aliphatic heterocycles. The molecule has 2 aliphatic rings. The van der Waals surface area contributed by atoms with E-state index in [9.17, 15) is 0 Å². The fourth-order valence-electron chi connectivity index (χ4n) is 6.60. The van der Waals surface area contributed by atoms with Gasteiger partial charge in [-0.25, -0.2) is 0 Å². The van der Waals surface area contributed by atoms with E-state index >= 15 is 0 Å². The van der Waals surface area contributed by atoms with Crippen LogP contribution in [-0.4, -0.2) is 0 Å². The molecule has 1 heterocycles. The minimum atomic E-state index is 0.233. The SMILES string of the molecule is C=C(C)/C=C\C1=C(C)C2C(=CC(N(/C(C)=C(/C)c3ccccc3)c3ccc(-c4ccc(-c5ccccc5)cc4)cc3)=C(C)C2C)O1. The van der Waals surface area contributed by atoms with Crippen LogP contribution in [0.15, 0.2) is 174 Å². The van der Waals surface area contributed by atoms with E-state index in [1.807, 2.05) is 13.0 Å². The average molecular weight is 602 g/mol. The molecular formula is C44H43NO. The molecule has 46 heavy (non-hydrogen) atoms. The normalized spacial score (nSPS) is 18.3. The second kappa shape index (κ2) is 13.1. The first kappa shape index (κ1) is 30.9. The van der Waals surface area contributed by atoms with E-state index < -0.39 is 0 Å². The number of hydrogen-bond acceptors (Lipinski definition) is 2. The molecule has 4 aromatic rings. The van der Waals surface area contributed by atoms with Crippen molar-refractivity contribution in [2.75, 3.05) is 4.90 Å². The van der Waals surface area contributed by atoms with Crippen molar-refractivity contribution in [3.8, 4) is 22.3 Å². The lowest BCUT2D eigenvalue weighted by Crippen LogP contribution is -2.28. The highest BCUT2D eigenvalue weighted by molar-refractivity contribution is 5.77. The highest BCUT2D eigenvalue weighted by Gasteiger charge is 2.38. The van der Waals surface area contributed by atoms with Crippen LogP contribution in [0.4, 0.5) is 5.69 Å². The molecular weight excluding hydrogens is 558 g/mol. The highest BCUT2D eigenvalue weighted by atomic mass is 16.5. The zero-order valence-corrected chi connectivity index (χ0v) is 27.8. The summed E-state index contributed by atoms with van der Waals surface area (Å²) in [6.07, 6.45) is 6.36. The summed E-state index contributed by atoms with van der Waals surface area (Å²) in [5.41, 5.74) is 14.4. The van der Waals surface area contributed by atoms with E-state index in [-0.39, 0.29) is 5.92 Å². The van der Waals surface area contributed by atoms with Crippen molar-refractivity contribution in [1.29, 1.82) is 0 Å². The van der Waals surface area contributed by atoms with Crippen LogP contribution in [0.5, 0.6) is 0 Å². The second-order valence-corrected chi connectivity index (χ2v) is 12.6. The molecule has 230 valence electrons. The monoisotopic (exact) mass is 601 g/mol. The van der Waals surface area contributed by atoms with Gasteiger partial charge in [-0.2, -0.15) is 0 Å². The first-order valence-corrected chi connectivity index (χ1v) is 16.2. The summed E-state index contributed by atoms with van der Waals surface area (Å²) in [5.74, 6) is 2.47. The Hall–Kier alpha value is -5.08. The zero-order valence-electron chi connectivity index (χ0n) is 27.8. The zero-order chi connectivity index (χ0) is 32.4. The molecule has 0 saturated carbocycles. The molecule has 0 bridgehead atoms. The fraction of sp³-hybridized carbons (Fsp3) is 0.182. The van der Waals surface area contributed by atoms with Crippen molar-refractivity contribution in [1.82, 2.24) is 0 Å². The van der Waals surface area contributed by atoms with Gasteiger partial charge >= 0.3 is 0 Å². The Bertz CT molecular complexity index is 1900. The smallest absolute Gasteiger partial charge is 0.126 e. The van der Waals surface area contributed by atoms with Gasteiger partial charge in [0.05, 0.1) is 0 Å². The van der Waals surface area contributed by atoms with Crippen LogP contribution in [0.25, 0.3) is 27.8 Å². The molecule has 0 fully saturated rings. The maximum Gasteiger partial charge on any atom is 0.126 e. The van der Waals surface area contributed by atoms with Crippen molar-refractivity contribution >= 4 is 11.3 Å². The molecule has 0 amide bonds. The number of fused-ring (bicyclic) bond motifs is 1. The summed E-state index contributed by atoms with van der Waals surface area (Å²) < 4.78 is 6.54. The molecule has 1 aliphatic carbocycles. The molecule has 0 spiro atoms. The summed E-state index contributed by atoms with van der Waals surface area (Å²) in [5, 5.41) is 0. The fourth-order valence-corrected chi connectivity index (χ4v) is 6.60. The first-order valence-electron chi connectivity index (χ1n) is 16.2. The van der Waals surface area contributed by atoms with Gasteiger partial charge in [0.15, 0.2) is 0 Å². The number of rotatable bonds is 8. The van der Waals surface area contributed by atoms with Crippen molar-refractivity contribution in [3.05, 3.63) is 179 Å². The van der Waals surface area contributed by atoms with Crippen LogP contribution >= 0.6 is 0 Å². The van der Waals surface area contributed by atoms with E-state index in [1.54, 1.807) is 0 Å². The van der Waals surface area contributed by atoms with Gasteiger partial charge in [0.1, 0.15) is 11.5 Å². The molecule has 2 unspecified atom stereocenters. The Kier molecular flexibility index (Phi) is 8.81. The van der Waals surface area contributed by atoms with Gasteiger partial charge in [0.25, 0.3) is 0 Å². The molecule has 2 nitrogen and oxygen atoms in total.